The summed E-state index contributed by atoms with van der Waals surface area (Å²) >= 11 is 0. The Morgan fingerprint density at radius 3 is 1.83 bits per heavy atom. The van der Waals surface area contributed by atoms with Crippen molar-refractivity contribution in [2.75, 3.05) is 4.90 Å². The number of para-hydroxylation sites is 2. The molecule has 0 atom stereocenters. The predicted octanol–water partition coefficient (Wildman–Crippen LogP) is 11.3. The summed E-state index contributed by atoms with van der Waals surface area (Å²) in [7, 11) is 0. The molecule has 0 bridgehead atoms. The van der Waals surface area contributed by atoms with Crippen LogP contribution in [0.2, 0.25) is 0 Å². The van der Waals surface area contributed by atoms with E-state index in [0.717, 1.165) is 21.9 Å². The number of rotatable bonds is 3. The van der Waals surface area contributed by atoms with Gasteiger partial charge in [-0.05, 0) is 88.8 Å². The topological polar surface area (TPSA) is 16.4 Å². The van der Waals surface area contributed by atoms with E-state index in [1.807, 2.05) is 12.1 Å². The fourth-order valence-corrected chi connectivity index (χ4v) is 6.65. The zero-order valence-corrected chi connectivity index (χ0v) is 24.1. The van der Waals surface area contributed by atoms with Gasteiger partial charge in [-0.2, -0.15) is 0 Å². The number of nitrogens with zero attached hydrogens (tertiary/aromatic N) is 1. The molecule has 0 amide bonds. The second-order valence-electron chi connectivity index (χ2n) is 11.9. The highest BCUT2D eigenvalue weighted by molar-refractivity contribution is 6.06. The van der Waals surface area contributed by atoms with Gasteiger partial charge in [0.25, 0.3) is 0 Å². The predicted molar refractivity (Wildman–Crippen MR) is 176 cm³/mol. The maximum Gasteiger partial charge on any atom is 0.135 e. The first-order valence-corrected chi connectivity index (χ1v) is 14.6. The van der Waals surface area contributed by atoms with Crippen LogP contribution in [-0.4, -0.2) is 0 Å². The van der Waals surface area contributed by atoms with Crippen molar-refractivity contribution in [1.82, 2.24) is 0 Å². The summed E-state index contributed by atoms with van der Waals surface area (Å²) in [5, 5.41) is 2.31. The molecule has 202 valence electrons. The summed E-state index contributed by atoms with van der Waals surface area (Å²) in [5.41, 5.74) is 14.2. The van der Waals surface area contributed by atoms with Crippen molar-refractivity contribution in [3.05, 3.63) is 150 Å². The summed E-state index contributed by atoms with van der Waals surface area (Å²) < 4.78 is 6.04. The number of anilines is 3. The number of furan rings is 1. The van der Waals surface area contributed by atoms with Gasteiger partial charge < -0.3 is 9.32 Å². The minimum Gasteiger partial charge on any atom is -0.456 e. The van der Waals surface area contributed by atoms with Crippen LogP contribution < -0.4 is 4.90 Å². The monoisotopic (exact) mass is 541 g/mol. The van der Waals surface area contributed by atoms with E-state index in [4.69, 9.17) is 4.42 Å². The average Bonchev–Trinajstić information content (AvgIpc) is 3.40. The Bertz CT molecular complexity index is 2120. The molecule has 6 aromatic carbocycles. The van der Waals surface area contributed by atoms with Gasteiger partial charge in [0, 0.05) is 21.9 Å². The zero-order valence-electron chi connectivity index (χ0n) is 24.1. The van der Waals surface area contributed by atoms with Gasteiger partial charge in [0.2, 0.25) is 0 Å². The summed E-state index contributed by atoms with van der Waals surface area (Å²) in [6.07, 6.45) is 0. The SMILES string of the molecule is Cc1ccc2c(c1)C(C)(C)c1cc(-c3ccc(-c4ccc5oc6ccccc6c5c4)cc3)ccc1N2c1ccccc1. The molecule has 0 N–H and O–H groups in total. The molecule has 0 saturated heterocycles. The van der Waals surface area contributed by atoms with Crippen molar-refractivity contribution in [2.24, 2.45) is 0 Å². The highest BCUT2D eigenvalue weighted by Gasteiger charge is 2.37. The highest BCUT2D eigenvalue weighted by Crippen LogP contribution is 2.52. The quantitative estimate of drug-likeness (QED) is 0.221. The summed E-state index contributed by atoms with van der Waals surface area (Å²) in [4.78, 5) is 2.41. The Labute approximate surface area is 246 Å². The third-order valence-electron chi connectivity index (χ3n) is 8.92. The molecule has 8 rings (SSSR count). The second-order valence-corrected chi connectivity index (χ2v) is 11.9. The van der Waals surface area contributed by atoms with Crippen molar-refractivity contribution in [2.45, 2.75) is 26.2 Å². The molecule has 42 heavy (non-hydrogen) atoms. The van der Waals surface area contributed by atoms with Crippen molar-refractivity contribution >= 4 is 39.0 Å². The van der Waals surface area contributed by atoms with Gasteiger partial charge in [-0.15, -0.1) is 0 Å². The molecule has 0 radical (unpaired) electrons. The molecule has 7 aromatic rings. The summed E-state index contributed by atoms with van der Waals surface area (Å²) in [5.74, 6) is 0. The summed E-state index contributed by atoms with van der Waals surface area (Å²) in [6, 6.07) is 48.2. The van der Waals surface area contributed by atoms with Crippen LogP contribution in [0.5, 0.6) is 0 Å². The smallest absolute Gasteiger partial charge is 0.135 e. The zero-order chi connectivity index (χ0) is 28.4. The van der Waals surface area contributed by atoms with E-state index < -0.39 is 0 Å². The van der Waals surface area contributed by atoms with Crippen molar-refractivity contribution in [3.8, 4) is 22.3 Å². The van der Waals surface area contributed by atoms with E-state index >= 15 is 0 Å². The Balaban J connectivity index is 1.20. The second kappa shape index (κ2) is 9.22. The molecule has 0 aliphatic carbocycles. The standard InChI is InChI=1S/C40H31NO/c1-26-13-20-36-34(23-26)40(2,3)35-25-30(18-21-37(35)41(36)31-9-5-4-6-10-31)28-16-14-27(15-17-28)29-19-22-39-33(24-29)32-11-7-8-12-38(32)42-39/h4-25H,1-3H3. The number of aryl methyl sites for hydroxylation is 1. The molecule has 0 fully saturated rings. The molecule has 2 heterocycles. The Morgan fingerprint density at radius 1 is 0.500 bits per heavy atom. The lowest BCUT2D eigenvalue weighted by Crippen LogP contribution is -2.30. The van der Waals surface area contributed by atoms with Gasteiger partial charge in [-0.1, -0.05) is 104 Å². The molecule has 0 spiro atoms. The van der Waals surface area contributed by atoms with Crippen molar-refractivity contribution in [3.63, 3.8) is 0 Å². The minimum absolute atomic E-state index is 0.138. The van der Waals surface area contributed by atoms with Crippen molar-refractivity contribution in [1.29, 1.82) is 0 Å². The third-order valence-corrected chi connectivity index (χ3v) is 8.92. The van der Waals surface area contributed by atoms with E-state index in [0.29, 0.717) is 0 Å². The van der Waals surface area contributed by atoms with Crippen LogP contribution in [-0.2, 0) is 5.41 Å². The van der Waals surface area contributed by atoms with Crippen LogP contribution in [0.4, 0.5) is 17.1 Å². The Morgan fingerprint density at radius 2 is 1.07 bits per heavy atom. The molecule has 2 heteroatoms. The van der Waals surface area contributed by atoms with Crippen LogP contribution in [0.3, 0.4) is 0 Å². The van der Waals surface area contributed by atoms with E-state index in [1.165, 1.54) is 56.0 Å². The molecule has 1 aliphatic rings. The molecular formula is C40H31NO. The normalized spacial score (nSPS) is 13.7. The maximum absolute atomic E-state index is 6.04. The van der Waals surface area contributed by atoms with Gasteiger partial charge >= 0.3 is 0 Å². The molecular weight excluding hydrogens is 510 g/mol. The largest absolute Gasteiger partial charge is 0.456 e. The van der Waals surface area contributed by atoms with Gasteiger partial charge in [-0.25, -0.2) is 0 Å². The Hall–Kier alpha value is -5.08. The van der Waals surface area contributed by atoms with Crippen LogP contribution in [0, 0.1) is 6.92 Å². The van der Waals surface area contributed by atoms with Gasteiger partial charge in [0.05, 0.1) is 11.4 Å². The minimum atomic E-state index is -0.138. The fraction of sp³-hybridized carbons (Fsp3) is 0.100. The van der Waals surface area contributed by atoms with E-state index in [9.17, 15) is 0 Å². The molecule has 0 saturated carbocycles. The Kier molecular flexibility index (Phi) is 5.42. The lowest BCUT2D eigenvalue weighted by Gasteiger charge is -2.42. The first-order chi connectivity index (χ1) is 20.5. The van der Waals surface area contributed by atoms with Crippen LogP contribution in [0.15, 0.2) is 138 Å². The van der Waals surface area contributed by atoms with E-state index in [1.54, 1.807) is 0 Å². The summed E-state index contributed by atoms with van der Waals surface area (Å²) in [6.45, 7) is 6.90. The average molecular weight is 542 g/mol. The lowest BCUT2D eigenvalue weighted by atomic mass is 9.72. The molecule has 2 nitrogen and oxygen atoms in total. The molecule has 0 unspecified atom stereocenters. The number of benzene rings is 6. The van der Waals surface area contributed by atoms with E-state index in [2.05, 4.69) is 147 Å². The molecule has 1 aromatic heterocycles. The third kappa shape index (κ3) is 3.79. The first kappa shape index (κ1) is 24.7. The van der Waals surface area contributed by atoms with Crippen molar-refractivity contribution < 1.29 is 4.42 Å². The number of hydrogen-bond acceptors (Lipinski definition) is 2. The maximum atomic E-state index is 6.04. The van der Waals surface area contributed by atoms with Crippen LogP contribution >= 0.6 is 0 Å². The lowest BCUT2D eigenvalue weighted by molar-refractivity contribution is 0.631. The highest BCUT2D eigenvalue weighted by atomic mass is 16.3. The molecule has 1 aliphatic heterocycles. The fourth-order valence-electron chi connectivity index (χ4n) is 6.65. The van der Waals surface area contributed by atoms with Gasteiger partial charge in [-0.3, -0.25) is 0 Å². The number of fused-ring (bicyclic) bond motifs is 5. The van der Waals surface area contributed by atoms with E-state index in [-0.39, 0.29) is 5.41 Å². The van der Waals surface area contributed by atoms with Gasteiger partial charge in [0.1, 0.15) is 11.2 Å². The number of hydrogen-bond donors (Lipinski definition) is 0. The van der Waals surface area contributed by atoms with Gasteiger partial charge in [0.15, 0.2) is 0 Å². The van der Waals surface area contributed by atoms with Crippen LogP contribution in [0.25, 0.3) is 44.2 Å². The van der Waals surface area contributed by atoms with Crippen LogP contribution in [0.1, 0.15) is 30.5 Å². The first-order valence-electron chi connectivity index (χ1n) is 14.6.